The van der Waals surface area contributed by atoms with Crippen molar-refractivity contribution in [2.24, 2.45) is 11.7 Å². The Balaban J connectivity index is 2.38. The molecular weight excluding hydrogens is 265 g/mol. The molecule has 2 rings (SSSR count). The van der Waals surface area contributed by atoms with Crippen molar-refractivity contribution < 1.29 is 4.39 Å². The smallest absolute Gasteiger partial charge is 0.148 e. The fraction of sp³-hybridized carbons (Fsp3) is 0.357. The highest BCUT2D eigenvalue weighted by Gasteiger charge is 2.16. The van der Waals surface area contributed by atoms with Gasteiger partial charge >= 0.3 is 0 Å². The predicted octanol–water partition coefficient (Wildman–Crippen LogP) is 3.71. The molecule has 0 aliphatic heterocycles. The van der Waals surface area contributed by atoms with Crippen LogP contribution in [0.15, 0.2) is 30.7 Å². The van der Waals surface area contributed by atoms with Crippen LogP contribution in [0, 0.1) is 11.7 Å². The Morgan fingerprint density at radius 3 is 2.79 bits per heavy atom. The number of imidazole rings is 1. The Kier molecular flexibility index (Phi) is 4.22. The van der Waals surface area contributed by atoms with Crippen LogP contribution in [0.4, 0.5) is 4.39 Å². The van der Waals surface area contributed by atoms with Crippen LogP contribution in [0.3, 0.4) is 0 Å². The van der Waals surface area contributed by atoms with E-state index in [0.717, 1.165) is 12.1 Å². The lowest BCUT2D eigenvalue weighted by Crippen LogP contribution is -2.17. The SMILES string of the molecule is CC(C)CC(N)c1cncn1-c1ccc(Cl)cc1F. The zero-order chi connectivity index (χ0) is 14.0. The second kappa shape index (κ2) is 5.72. The minimum absolute atomic E-state index is 0.169. The normalized spacial score (nSPS) is 12.9. The van der Waals surface area contributed by atoms with E-state index in [0.29, 0.717) is 16.6 Å². The summed E-state index contributed by atoms with van der Waals surface area (Å²) in [4.78, 5) is 4.07. The number of aromatic nitrogens is 2. The molecule has 0 saturated carbocycles. The van der Waals surface area contributed by atoms with E-state index in [2.05, 4.69) is 18.8 Å². The Bertz CT molecular complexity index is 566. The van der Waals surface area contributed by atoms with Gasteiger partial charge in [0.1, 0.15) is 5.82 Å². The highest BCUT2D eigenvalue weighted by molar-refractivity contribution is 6.30. The molecule has 1 unspecified atom stereocenters. The third-order valence-electron chi connectivity index (χ3n) is 2.94. The number of halogens is 2. The van der Waals surface area contributed by atoms with E-state index in [1.165, 1.54) is 6.07 Å². The Morgan fingerprint density at radius 1 is 1.42 bits per heavy atom. The summed E-state index contributed by atoms with van der Waals surface area (Å²) in [7, 11) is 0. The molecule has 1 aromatic heterocycles. The topological polar surface area (TPSA) is 43.8 Å². The van der Waals surface area contributed by atoms with Crippen molar-refractivity contribution in [3.05, 3.63) is 47.3 Å². The highest BCUT2D eigenvalue weighted by atomic mass is 35.5. The lowest BCUT2D eigenvalue weighted by molar-refractivity contribution is 0.496. The summed E-state index contributed by atoms with van der Waals surface area (Å²) >= 11 is 5.76. The molecule has 102 valence electrons. The van der Waals surface area contributed by atoms with E-state index in [4.69, 9.17) is 17.3 Å². The molecule has 1 heterocycles. The highest BCUT2D eigenvalue weighted by Crippen LogP contribution is 2.24. The van der Waals surface area contributed by atoms with Gasteiger partial charge in [-0.3, -0.25) is 4.57 Å². The van der Waals surface area contributed by atoms with E-state index in [1.807, 2.05) is 0 Å². The first-order valence-corrected chi connectivity index (χ1v) is 6.60. The maximum Gasteiger partial charge on any atom is 0.148 e. The molecule has 0 bridgehead atoms. The van der Waals surface area contributed by atoms with E-state index in [-0.39, 0.29) is 11.9 Å². The second-order valence-electron chi connectivity index (χ2n) is 5.02. The molecule has 0 fully saturated rings. The van der Waals surface area contributed by atoms with Gasteiger partial charge in [-0.05, 0) is 30.5 Å². The van der Waals surface area contributed by atoms with Gasteiger partial charge in [0.25, 0.3) is 0 Å². The Labute approximate surface area is 117 Å². The maximum absolute atomic E-state index is 13.9. The molecule has 2 N–H and O–H groups in total. The third kappa shape index (κ3) is 3.14. The molecule has 0 amide bonds. The summed E-state index contributed by atoms with van der Waals surface area (Å²) in [6.07, 6.45) is 4.07. The van der Waals surface area contributed by atoms with Crippen LogP contribution in [-0.4, -0.2) is 9.55 Å². The zero-order valence-corrected chi connectivity index (χ0v) is 11.7. The Morgan fingerprint density at radius 2 is 2.16 bits per heavy atom. The van der Waals surface area contributed by atoms with E-state index in [1.54, 1.807) is 29.2 Å². The minimum Gasteiger partial charge on any atom is -0.323 e. The van der Waals surface area contributed by atoms with Gasteiger partial charge in [-0.1, -0.05) is 25.4 Å². The second-order valence-corrected chi connectivity index (χ2v) is 5.46. The largest absolute Gasteiger partial charge is 0.323 e. The fourth-order valence-corrected chi connectivity index (χ4v) is 2.24. The minimum atomic E-state index is -0.386. The maximum atomic E-state index is 13.9. The summed E-state index contributed by atoms with van der Waals surface area (Å²) in [6, 6.07) is 4.40. The summed E-state index contributed by atoms with van der Waals surface area (Å²) in [5.41, 5.74) is 7.36. The molecule has 0 spiro atoms. The lowest BCUT2D eigenvalue weighted by atomic mass is 10.0. The van der Waals surface area contributed by atoms with Gasteiger partial charge in [-0.25, -0.2) is 9.37 Å². The summed E-state index contributed by atoms with van der Waals surface area (Å²) in [6.45, 7) is 4.20. The number of benzene rings is 1. The van der Waals surface area contributed by atoms with Crippen LogP contribution >= 0.6 is 11.6 Å². The predicted molar refractivity (Wildman–Crippen MR) is 74.9 cm³/mol. The first-order chi connectivity index (χ1) is 8.99. The van der Waals surface area contributed by atoms with Crippen LogP contribution in [0.1, 0.15) is 32.0 Å². The monoisotopic (exact) mass is 281 g/mol. The average Bonchev–Trinajstić information content (AvgIpc) is 2.76. The summed E-state index contributed by atoms with van der Waals surface area (Å²) in [5.74, 6) is 0.0805. The Hall–Kier alpha value is -1.39. The molecule has 2 aromatic rings. The molecule has 1 atom stereocenters. The number of nitrogens with two attached hydrogens (primary N) is 1. The standard InChI is InChI=1S/C14H17ClFN3/c1-9(2)5-12(17)14-7-18-8-19(14)13-4-3-10(15)6-11(13)16/h3-4,6-9,12H,5,17H2,1-2H3. The fourth-order valence-electron chi connectivity index (χ4n) is 2.09. The molecule has 0 aliphatic rings. The zero-order valence-electron chi connectivity index (χ0n) is 11.0. The van der Waals surface area contributed by atoms with Crippen molar-refractivity contribution in [3.63, 3.8) is 0 Å². The number of hydrogen-bond donors (Lipinski definition) is 1. The molecular formula is C14H17ClFN3. The first-order valence-electron chi connectivity index (χ1n) is 6.22. The van der Waals surface area contributed by atoms with Crippen molar-refractivity contribution in [1.29, 1.82) is 0 Å². The third-order valence-corrected chi connectivity index (χ3v) is 3.18. The van der Waals surface area contributed by atoms with Crippen LogP contribution in [-0.2, 0) is 0 Å². The molecule has 0 radical (unpaired) electrons. The van der Waals surface area contributed by atoms with Crippen LogP contribution in [0.5, 0.6) is 0 Å². The van der Waals surface area contributed by atoms with Gasteiger partial charge in [0, 0.05) is 11.1 Å². The summed E-state index contributed by atoms with van der Waals surface area (Å²) < 4.78 is 15.6. The van der Waals surface area contributed by atoms with E-state index in [9.17, 15) is 4.39 Å². The molecule has 5 heteroatoms. The van der Waals surface area contributed by atoms with Crippen LogP contribution in [0.2, 0.25) is 5.02 Å². The molecule has 0 saturated heterocycles. The van der Waals surface area contributed by atoms with Gasteiger partial charge in [-0.2, -0.15) is 0 Å². The number of nitrogens with zero attached hydrogens (tertiary/aromatic N) is 2. The number of rotatable bonds is 4. The molecule has 3 nitrogen and oxygen atoms in total. The van der Waals surface area contributed by atoms with Gasteiger partial charge in [0.2, 0.25) is 0 Å². The first kappa shape index (κ1) is 14.0. The van der Waals surface area contributed by atoms with E-state index < -0.39 is 0 Å². The van der Waals surface area contributed by atoms with E-state index >= 15 is 0 Å². The molecule has 1 aromatic carbocycles. The van der Waals surface area contributed by atoms with Crippen molar-refractivity contribution in [1.82, 2.24) is 9.55 Å². The lowest BCUT2D eigenvalue weighted by Gasteiger charge is -2.17. The average molecular weight is 282 g/mol. The van der Waals surface area contributed by atoms with Crippen molar-refractivity contribution in [3.8, 4) is 5.69 Å². The molecule has 19 heavy (non-hydrogen) atoms. The van der Waals surface area contributed by atoms with Gasteiger partial charge in [0.05, 0.1) is 23.9 Å². The van der Waals surface area contributed by atoms with Crippen molar-refractivity contribution in [2.75, 3.05) is 0 Å². The number of hydrogen-bond acceptors (Lipinski definition) is 2. The van der Waals surface area contributed by atoms with Gasteiger partial charge < -0.3 is 5.73 Å². The van der Waals surface area contributed by atoms with Gasteiger partial charge in [0.15, 0.2) is 0 Å². The van der Waals surface area contributed by atoms with Crippen LogP contribution in [0.25, 0.3) is 5.69 Å². The van der Waals surface area contributed by atoms with Crippen LogP contribution < -0.4 is 5.73 Å². The van der Waals surface area contributed by atoms with Crippen molar-refractivity contribution >= 4 is 11.6 Å². The quantitative estimate of drug-likeness (QED) is 0.928. The van der Waals surface area contributed by atoms with Crippen molar-refractivity contribution in [2.45, 2.75) is 26.3 Å². The van der Waals surface area contributed by atoms with Gasteiger partial charge in [-0.15, -0.1) is 0 Å². The molecule has 0 aliphatic carbocycles. The summed E-state index contributed by atoms with van der Waals surface area (Å²) in [5, 5.41) is 0.370.